The molecule has 1 atom stereocenters. The summed E-state index contributed by atoms with van der Waals surface area (Å²) >= 11 is 0. The first kappa shape index (κ1) is 13.0. The van der Waals surface area contributed by atoms with Crippen molar-refractivity contribution < 1.29 is 9.47 Å². The fourth-order valence-corrected chi connectivity index (χ4v) is 1.63. The molecule has 0 heterocycles. The summed E-state index contributed by atoms with van der Waals surface area (Å²) in [6, 6.07) is 19.9. The Hall–Kier alpha value is -2.40. The summed E-state index contributed by atoms with van der Waals surface area (Å²) in [6.45, 7) is 2.43. The van der Waals surface area contributed by atoms with Crippen LogP contribution in [0.1, 0.15) is 24.2 Å². The molecule has 0 fully saturated rings. The van der Waals surface area contributed by atoms with Gasteiger partial charge < -0.3 is 9.47 Å². The lowest BCUT2D eigenvalue weighted by Crippen LogP contribution is -1.94. The molecular formula is C17H16O2. The Balaban J connectivity index is 1.76. The van der Waals surface area contributed by atoms with Crippen molar-refractivity contribution in [2.24, 2.45) is 0 Å². The molecule has 0 N–H and O–H groups in total. The van der Waals surface area contributed by atoms with Gasteiger partial charge in [-0.25, -0.2) is 0 Å². The summed E-state index contributed by atoms with van der Waals surface area (Å²) in [5.74, 6) is 0. The molecule has 0 amide bonds. The van der Waals surface area contributed by atoms with Gasteiger partial charge in [0.05, 0.1) is 0 Å². The van der Waals surface area contributed by atoms with E-state index in [2.05, 4.69) is 12.2 Å². The second-order valence-corrected chi connectivity index (χ2v) is 4.15. The third-order valence-electron chi connectivity index (χ3n) is 2.70. The number of hydrogen-bond donors (Lipinski definition) is 0. The van der Waals surface area contributed by atoms with Gasteiger partial charge >= 0.3 is 0 Å². The summed E-state index contributed by atoms with van der Waals surface area (Å²) in [6.07, 6.45) is 5.08. The first-order chi connectivity index (χ1) is 9.36. The predicted octanol–water partition coefficient (Wildman–Crippen LogP) is 3.90. The van der Waals surface area contributed by atoms with E-state index in [9.17, 15) is 0 Å². The average molecular weight is 252 g/mol. The van der Waals surface area contributed by atoms with Crippen LogP contribution in [0.4, 0.5) is 0 Å². The summed E-state index contributed by atoms with van der Waals surface area (Å²) in [5.41, 5.74) is 2.19. The number of hydrogen-bond acceptors (Lipinski definition) is 2. The fraction of sp³-hybridized carbons (Fsp3) is 0.176. The van der Waals surface area contributed by atoms with Crippen LogP contribution >= 0.6 is 0 Å². The molecule has 0 radical (unpaired) electrons. The molecule has 0 aromatic heterocycles. The molecule has 2 aromatic carbocycles. The minimum atomic E-state index is -0.0611. The van der Waals surface area contributed by atoms with E-state index in [4.69, 9.17) is 9.47 Å². The van der Waals surface area contributed by atoms with Crippen LogP contribution in [0.15, 0.2) is 60.7 Å². The highest BCUT2D eigenvalue weighted by Crippen LogP contribution is 2.14. The molecule has 0 bridgehead atoms. The maximum atomic E-state index is 5.38. The van der Waals surface area contributed by atoms with Crippen LogP contribution in [0.2, 0.25) is 0 Å². The lowest BCUT2D eigenvalue weighted by molar-refractivity contribution is 0.179. The van der Waals surface area contributed by atoms with E-state index < -0.39 is 0 Å². The van der Waals surface area contributed by atoms with Crippen molar-refractivity contribution >= 4 is 0 Å². The zero-order chi connectivity index (χ0) is 13.3. The minimum absolute atomic E-state index is 0.0611. The molecule has 0 aliphatic rings. The normalized spacial score (nSPS) is 11.0. The Morgan fingerprint density at radius 1 is 0.895 bits per heavy atom. The number of benzene rings is 2. The van der Waals surface area contributed by atoms with Crippen LogP contribution in [0.25, 0.3) is 0 Å². The van der Waals surface area contributed by atoms with Crippen molar-refractivity contribution in [1.82, 2.24) is 0 Å². The molecular weight excluding hydrogens is 236 g/mol. The van der Waals surface area contributed by atoms with Gasteiger partial charge in [-0.2, -0.15) is 0 Å². The van der Waals surface area contributed by atoms with Gasteiger partial charge in [-0.15, -0.1) is 0 Å². The molecule has 0 saturated heterocycles. The standard InChI is InChI=1S/C17H16O2/c1-15(17-10-6-3-7-11-17)19-13-12-18-14-16-8-4-2-5-9-16/h2-11,15H,14H2,1H3. The van der Waals surface area contributed by atoms with Crippen LogP contribution in [0.5, 0.6) is 0 Å². The largest absolute Gasteiger partial charge is 0.439 e. The first-order valence-electron chi connectivity index (χ1n) is 6.22. The van der Waals surface area contributed by atoms with Crippen molar-refractivity contribution in [3.05, 3.63) is 71.8 Å². The summed E-state index contributed by atoms with van der Waals surface area (Å²) < 4.78 is 10.6. The molecule has 0 saturated carbocycles. The second-order valence-electron chi connectivity index (χ2n) is 4.15. The van der Waals surface area contributed by atoms with Gasteiger partial charge in [0.1, 0.15) is 12.7 Å². The van der Waals surface area contributed by atoms with Gasteiger partial charge in [0.2, 0.25) is 0 Å². The number of rotatable bonds is 4. The average Bonchev–Trinajstić information content (AvgIpc) is 2.49. The quantitative estimate of drug-likeness (QED) is 0.768. The summed E-state index contributed by atoms with van der Waals surface area (Å²) in [4.78, 5) is 0. The highest BCUT2D eigenvalue weighted by Gasteiger charge is 2.02. The van der Waals surface area contributed by atoms with Crippen LogP contribution in [-0.2, 0) is 16.1 Å². The maximum absolute atomic E-state index is 5.38. The molecule has 96 valence electrons. The monoisotopic (exact) mass is 252 g/mol. The molecule has 2 heteroatoms. The van der Waals surface area contributed by atoms with Crippen molar-refractivity contribution in [3.63, 3.8) is 0 Å². The Morgan fingerprint density at radius 3 is 2.21 bits per heavy atom. The van der Waals surface area contributed by atoms with E-state index in [1.54, 1.807) is 0 Å². The smallest absolute Gasteiger partial charge is 0.155 e. The van der Waals surface area contributed by atoms with Crippen molar-refractivity contribution in [2.45, 2.75) is 19.6 Å². The predicted molar refractivity (Wildman–Crippen MR) is 74.9 cm³/mol. The van der Waals surface area contributed by atoms with Gasteiger partial charge in [-0.1, -0.05) is 60.7 Å². The summed E-state index contributed by atoms with van der Waals surface area (Å²) in [7, 11) is 0. The third kappa shape index (κ3) is 4.40. The van der Waals surface area contributed by atoms with Gasteiger partial charge in [-0.05, 0) is 18.1 Å². The SMILES string of the molecule is CC(OC#COCc1ccccc1)c1ccccc1. The van der Waals surface area contributed by atoms with Crippen LogP contribution in [-0.4, -0.2) is 0 Å². The highest BCUT2D eigenvalue weighted by atomic mass is 16.5. The second kappa shape index (κ2) is 7.13. The fourth-order valence-electron chi connectivity index (χ4n) is 1.63. The zero-order valence-electron chi connectivity index (χ0n) is 10.9. The van der Waals surface area contributed by atoms with E-state index in [0.717, 1.165) is 11.1 Å². The van der Waals surface area contributed by atoms with E-state index in [0.29, 0.717) is 6.61 Å². The van der Waals surface area contributed by atoms with Crippen LogP contribution in [0.3, 0.4) is 0 Å². The van der Waals surface area contributed by atoms with E-state index in [1.807, 2.05) is 67.6 Å². The van der Waals surface area contributed by atoms with Crippen LogP contribution in [0, 0.1) is 12.2 Å². The molecule has 2 aromatic rings. The lowest BCUT2D eigenvalue weighted by atomic mass is 10.1. The topological polar surface area (TPSA) is 18.5 Å². The summed E-state index contributed by atoms with van der Waals surface area (Å²) in [5, 5.41) is 0. The van der Waals surface area contributed by atoms with E-state index in [1.165, 1.54) is 0 Å². The molecule has 1 unspecified atom stereocenters. The van der Waals surface area contributed by atoms with Gasteiger partial charge in [0.15, 0.2) is 12.2 Å². The zero-order valence-corrected chi connectivity index (χ0v) is 10.9. The van der Waals surface area contributed by atoms with Crippen molar-refractivity contribution in [3.8, 4) is 12.2 Å². The number of ether oxygens (including phenoxy) is 2. The Bertz CT molecular complexity index is 538. The molecule has 19 heavy (non-hydrogen) atoms. The van der Waals surface area contributed by atoms with Crippen molar-refractivity contribution in [1.29, 1.82) is 0 Å². The molecule has 0 spiro atoms. The van der Waals surface area contributed by atoms with Crippen LogP contribution < -0.4 is 0 Å². The Labute approximate surface area is 114 Å². The first-order valence-corrected chi connectivity index (χ1v) is 6.22. The molecule has 2 rings (SSSR count). The highest BCUT2D eigenvalue weighted by molar-refractivity contribution is 5.17. The molecule has 2 nitrogen and oxygen atoms in total. The molecule has 0 aliphatic heterocycles. The lowest BCUT2D eigenvalue weighted by Gasteiger charge is -2.08. The maximum Gasteiger partial charge on any atom is 0.155 e. The van der Waals surface area contributed by atoms with Gasteiger partial charge in [-0.3, -0.25) is 0 Å². The third-order valence-corrected chi connectivity index (χ3v) is 2.70. The Morgan fingerprint density at radius 2 is 1.53 bits per heavy atom. The Kier molecular flexibility index (Phi) is 4.89. The van der Waals surface area contributed by atoms with Gasteiger partial charge in [0, 0.05) is 0 Å². The van der Waals surface area contributed by atoms with E-state index in [-0.39, 0.29) is 6.10 Å². The van der Waals surface area contributed by atoms with Gasteiger partial charge in [0.25, 0.3) is 0 Å². The molecule has 0 aliphatic carbocycles. The van der Waals surface area contributed by atoms with E-state index >= 15 is 0 Å². The minimum Gasteiger partial charge on any atom is -0.439 e. The van der Waals surface area contributed by atoms with Crippen molar-refractivity contribution in [2.75, 3.05) is 0 Å².